The normalized spacial score (nSPS) is 15.7. The van der Waals surface area contributed by atoms with E-state index in [4.69, 9.17) is 4.42 Å². The average Bonchev–Trinajstić information content (AvgIpc) is 3.65. The molecule has 0 fully saturated rings. The van der Waals surface area contributed by atoms with Crippen LogP contribution in [-0.4, -0.2) is 0 Å². The number of hydrogen-bond donors (Lipinski definition) is 1. The minimum absolute atomic E-state index is 0.272. The average molecular weight is 747 g/mol. The minimum atomic E-state index is 0.272. The summed E-state index contributed by atoms with van der Waals surface area (Å²) in [6.45, 7) is 2.36. The third-order valence-corrected chi connectivity index (χ3v) is 12.2. The van der Waals surface area contributed by atoms with Crippen LogP contribution in [0.4, 0.5) is 28.4 Å². The summed E-state index contributed by atoms with van der Waals surface area (Å²) in [6.07, 6.45) is 11.6. The van der Waals surface area contributed by atoms with Crippen LogP contribution in [0, 0.1) is 5.92 Å². The van der Waals surface area contributed by atoms with E-state index >= 15 is 0 Å². The summed E-state index contributed by atoms with van der Waals surface area (Å²) >= 11 is 0. The van der Waals surface area contributed by atoms with Gasteiger partial charge >= 0.3 is 0 Å². The lowest BCUT2D eigenvalue weighted by Gasteiger charge is -2.32. The van der Waals surface area contributed by atoms with E-state index in [0.717, 1.165) is 57.5 Å². The quantitative estimate of drug-likeness (QED) is 0.176. The number of allylic oxidation sites excluding steroid dienone is 2. The number of anilines is 5. The van der Waals surface area contributed by atoms with Gasteiger partial charge in [-0.2, -0.15) is 0 Å². The van der Waals surface area contributed by atoms with Gasteiger partial charge in [-0.25, -0.2) is 0 Å². The molecule has 2 atom stereocenters. The van der Waals surface area contributed by atoms with Gasteiger partial charge in [0.15, 0.2) is 0 Å². The number of hydrogen-bond acceptors (Lipinski definition) is 3. The molecule has 2 unspecified atom stereocenters. The first kappa shape index (κ1) is 34.2. The number of para-hydroxylation sites is 1. The van der Waals surface area contributed by atoms with Crippen LogP contribution in [0.1, 0.15) is 47.1 Å². The van der Waals surface area contributed by atoms with Crippen molar-refractivity contribution in [1.29, 1.82) is 0 Å². The number of rotatable bonds is 7. The van der Waals surface area contributed by atoms with Crippen LogP contribution in [0.25, 0.3) is 56.0 Å². The minimum Gasteiger partial charge on any atom is -0.456 e. The monoisotopic (exact) mass is 746 g/mol. The Morgan fingerprint density at radius 1 is 0.603 bits per heavy atom. The van der Waals surface area contributed by atoms with Crippen molar-refractivity contribution in [2.45, 2.75) is 25.7 Å². The van der Waals surface area contributed by atoms with E-state index in [1.54, 1.807) is 0 Å². The Balaban J connectivity index is 0.934. The number of aryl methyl sites for hydroxylation is 1. The van der Waals surface area contributed by atoms with Gasteiger partial charge in [-0.05, 0) is 124 Å². The Morgan fingerprint density at radius 2 is 1.33 bits per heavy atom. The topological polar surface area (TPSA) is 28.4 Å². The number of furan rings is 1. The van der Waals surface area contributed by atoms with E-state index in [9.17, 15) is 0 Å². The molecule has 2 aliphatic carbocycles. The standard InChI is InChI=1S/C55H42N2O/c1-36-21-22-40-12-3-6-16-46(40)54(36)55-47-17-7-4-13-41(47)27-33-50(55)56-42-28-23-37(24-29-42)38-25-30-43(31-26-38)57(51-19-10-14-39-11-2-5-15-45(39)51)44-32-34-53-49(35-44)48-18-8-9-20-52(48)58-53/h2-3,5-12,14-36,54,56H,4,13H2,1H3. The van der Waals surface area contributed by atoms with Crippen LogP contribution in [0.2, 0.25) is 0 Å². The molecule has 278 valence electrons. The molecule has 1 heterocycles. The van der Waals surface area contributed by atoms with Crippen LogP contribution in [0.15, 0.2) is 186 Å². The zero-order valence-electron chi connectivity index (χ0n) is 32.4. The number of fused-ring (bicyclic) bond motifs is 6. The van der Waals surface area contributed by atoms with Crippen LogP contribution < -0.4 is 10.2 Å². The molecular weight excluding hydrogens is 705 g/mol. The van der Waals surface area contributed by atoms with Gasteiger partial charge in [0.05, 0.1) is 5.69 Å². The number of nitrogens with one attached hydrogen (secondary N) is 1. The molecule has 2 aliphatic rings. The highest BCUT2D eigenvalue weighted by Crippen LogP contribution is 2.46. The van der Waals surface area contributed by atoms with Gasteiger partial charge in [0.2, 0.25) is 0 Å². The Hall–Kier alpha value is -7.10. The van der Waals surface area contributed by atoms with E-state index < -0.39 is 0 Å². The fourth-order valence-electron chi connectivity index (χ4n) is 9.38. The number of benzene rings is 8. The van der Waals surface area contributed by atoms with Gasteiger partial charge in [-0.3, -0.25) is 0 Å². The van der Waals surface area contributed by atoms with Crippen LogP contribution in [0.5, 0.6) is 0 Å². The zero-order valence-corrected chi connectivity index (χ0v) is 32.4. The van der Waals surface area contributed by atoms with Gasteiger partial charge in [0.25, 0.3) is 0 Å². The summed E-state index contributed by atoms with van der Waals surface area (Å²) in [7, 11) is 0. The molecular formula is C55H42N2O. The van der Waals surface area contributed by atoms with Crippen molar-refractivity contribution in [3.05, 3.63) is 210 Å². The smallest absolute Gasteiger partial charge is 0.135 e. The Morgan fingerprint density at radius 3 is 2.21 bits per heavy atom. The first-order valence-corrected chi connectivity index (χ1v) is 20.4. The Bertz CT molecular complexity index is 3050. The summed E-state index contributed by atoms with van der Waals surface area (Å²) in [5.41, 5.74) is 16.6. The van der Waals surface area contributed by atoms with Crippen molar-refractivity contribution < 1.29 is 4.42 Å². The molecule has 3 heteroatoms. The molecule has 0 amide bonds. The highest BCUT2D eigenvalue weighted by Gasteiger charge is 2.30. The van der Waals surface area contributed by atoms with Crippen molar-refractivity contribution >= 4 is 73.3 Å². The molecule has 0 aliphatic heterocycles. The third kappa shape index (κ3) is 5.90. The molecule has 0 bridgehead atoms. The molecule has 8 aromatic carbocycles. The van der Waals surface area contributed by atoms with E-state index in [-0.39, 0.29) is 5.92 Å². The molecule has 58 heavy (non-hydrogen) atoms. The lowest BCUT2D eigenvalue weighted by atomic mass is 9.73. The van der Waals surface area contributed by atoms with Crippen molar-refractivity contribution in [3.63, 3.8) is 0 Å². The van der Waals surface area contributed by atoms with Crippen LogP contribution >= 0.6 is 0 Å². The van der Waals surface area contributed by atoms with Gasteiger partial charge < -0.3 is 14.6 Å². The zero-order chi connectivity index (χ0) is 38.6. The van der Waals surface area contributed by atoms with Gasteiger partial charge in [0.1, 0.15) is 11.2 Å². The molecule has 0 saturated heterocycles. The highest BCUT2D eigenvalue weighted by molar-refractivity contribution is 6.07. The summed E-state index contributed by atoms with van der Waals surface area (Å²) in [5.74, 6) is 0.654. The van der Waals surface area contributed by atoms with E-state index in [2.05, 4.69) is 199 Å². The molecule has 0 radical (unpaired) electrons. The maximum absolute atomic E-state index is 6.22. The molecule has 1 aromatic heterocycles. The predicted molar refractivity (Wildman–Crippen MR) is 245 cm³/mol. The van der Waals surface area contributed by atoms with Gasteiger partial charge in [-0.15, -0.1) is 0 Å². The van der Waals surface area contributed by atoms with Gasteiger partial charge in [0, 0.05) is 44.8 Å². The van der Waals surface area contributed by atoms with E-state index in [0.29, 0.717) is 5.92 Å². The van der Waals surface area contributed by atoms with Crippen LogP contribution in [-0.2, 0) is 6.42 Å². The van der Waals surface area contributed by atoms with Crippen molar-refractivity contribution in [3.8, 4) is 11.1 Å². The second-order valence-electron chi connectivity index (χ2n) is 15.7. The largest absolute Gasteiger partial charge is 0.456 e. The summed E-state index contributed by atoms with van der Waals surface area (Å²) in [6, 6.07) is 61.4. The lowest BCUT2D eigenvalue weighted by molar-refractivity contribution is 0.618. The van der Waals surface area contributed by atoms with Crippen molar-refractivity contribution in [2.24, 2.45) is 5.92 Å². The molecule has 9 aromatic rings. The fraction of sp³-hybridized carbons (Fsp3) is 0.0909. The maximum Gasteiger partial charge on any atom is 0.135 e. The van der Waals surface area contributed by atoms with Crippen molar-refractivity contribution in [2.75, 3.05) is 10.2 Å². The summed E-state index contributed by atoms with van der Waals surface area (Å²) in [4.78, 5) is 2.37. The SMILES string of the molecule is CC1C=Cc2ccccc2C1c1c(Nc2ccc(-c3ccc(N(c4ccc5oc6ccccc6c5c4)c4cccc5ccccc45)cc3)cc2)ccc2c1C=CCC2. The van der Waals surface area contributed by atoms with Crippen molar-refractivity contribution in [1.82, 2.24) is 0 Å². The highest BCUT2D eigenvalue weighted by atomic mass is 16.3. The molecule has 3 nitrogen and oxygen atoms in total. The Kier molecular flexibility index (Phi) is 8.32. The second-order valence-corrected chi connectivity index (χ2v) is 15.7. The first-order chi connectivity index (χ1) is 28.7. The fourth-order valence-corrected chi connectivity index (χ4v) is 9.38. The second kappa shape index (κ2) is 14.1. The van der Waals surface area contributed by atoms with Crippen LogP contribution in [0.3, 0.4) is 0 Å². The van der Waals surface area contributed by atoms with Gasteiger partial charge in [-0.1, -0.05) is 140 Å². The molecule has 1 N–H and O–H groups in total. The first-order valence-electron chi connectivity index (χ1n) is 20.4. The summed E-state index contributed by atoms with van der Waals surface area (Å²) < 4.78 is 6.22. The Labute approximate surface area is 339 Å². The molecule has 11 rings (SSSR count). The van der Waals surface area contributed by atoms with E-state index in [1.165, 1.54) is 55.4 Å². The lowest BCUT2D eigenvalue weighted by Crippen LogP contribution is -2.18. The number of nitrogens with zero attached hydrogens (tertiary/aromatic N) is 1. The summed E-state index contributed by atoms with van der Waals surface area (Å²) in [5, 5.41) is 8.51. The molecule has 0 spiro atoms. The maximum atomic E-state index is 6.22. The predicted octanol–water partition coefficient (Wildman–Crippen LogP) is 15.4. The third-order valence-electron chi connectivity index (χ3n) is 12.2. The molecule has 0 saturated carbocycles. The van der Waals surface area contributed by atoms with E-state index in [1.807, 2.05) is 12.1 Å².